The number of fused-ring (bicyclic) bond motifs is 1. The van der Waals surface area contributed by atoms with Gasteiger partial charge < -0.3 is 5.32 Å². The summed E-state index contributed by atoms with van der Waals surface area (Å²) in [7, 11) is 0. The molecule has 3 rings (SSSR count). The maximum Gasteiger partial charge on any atom is 0.259 e. The Morgan fingerprint density at radius 3 is 2.52 bits per heavy atom. The first-order valence-electron chi connectivity index (χ1n) is 8.39. The van der Waals surface area contributed by atoms with Gasteiger partial charge >= 0.3 is 0 Å². The van der Waals surface area contributed by atoms with Crippen molar-refractivity contribution in [3.05, 3.63) is 42.5 Å². The Kier molecular flexibility index (Phi) is 5.25. The number of hydrazone groups is 1. The topological polar surface area (TPSA) is 53.5 Å². The molecule has 0 unspecified atom stereocenters. The van der Waals surface area contributed by atoms with Crippen LogP contribution in [0.15, 0.2) is 47.6 Å². The van der Waals surface area contributed by atoms with E-state index in [0.29, 0.717) is 0 Å². The van der Waals surface area contributed by atoms with Crippen molar-refractivity contribution >= 4 is 28.1 Å². The van der Waals surface area contributed by atoms with Gasteiger partial charge in [0.1, 0.15) is 0 Å². The van der Waals surface area contributed by atoms with E-state index in [1.807, 2.05) is 24.3 Å². The predicted octanol–water partition coefficient (Wildman–Crippen LogP) is 4.08. The van der Waals surface area contributed by atoms with Crippen LogP contribution in [-0.4, -0.2) is 18.2 Å². The van der Waals surface area contributed by atoms with Crippen molar-refractivity contribution in [1.82, 2.24) is 5.43 Å². The van der Waals surface area contributed by atoms with Crippen molar-refractivity contribution in [2.24, 2.45) is 5.10 Å². The third-order valence-electron chi connectivity index (χ3n) is 4.25. The first-order valence-corrected chi connectivity index (χ1v) is 8.39. The lowest BCUT2D eigenvalue weighted by Gasteiger charge is -2.09. The molecule has 0 spiro atoms. The first kappa shape index (κ1) is 15.5. The third-order valence-corrected chi connectivity index (χ3v) is 4.25. The summed E-state index contributed by atoms with van der Waals surface area (Å²) in [5.74, 6) is -0.102. The molecule has 0 aromatic heterocycles. The van der Waals surface area contributed by atoms with Gasteiger partial charge in [-0.15, -0.1) is 0 Å². The molecule has 0 radical (unpaired) electrons. The normalized spacial score (nSPS) is 15.0. The molecule has 1 aliphatic rings. The van der Waals surface area contributed by atoms with Crippen LogP contribution in [0.2, 0.25) is 0 Å². The summed E-state index contributed by atoms with van der Waals surface area (Å²) in [4.78, 5) is 12.0. The number of hydrogen-bond acceptors (Lipinski definition) is 3. The molecule has 4 nitrogen and oxygen atoms in total. The standard InChI is InChI=1S/C19H23N3O/c23-19(22-21-16-10-3-1-2-4-11-16)14-20-18-13-7-9-15-8-5-6-12-17(15)18/h5-9,12-13,20H,1-4,10-11,14H2,(H,22,23). The summed E-state index contributed by atoms with van der Waals surface area (Å²) < 4.78 is 0. The van der Waals surface area contributed by atoms with Gasteiger partial charge in [0.2, 0.25) is 0 Å². The summed E-state index contributed by atoms with van der Waals surface area (Å²) in [6, 6.07) is 14.2. The number of rotatable bonds is 4. The second-order valence-electron chi connectivity index (χ2n) is 6.01. The zero-order valence-corrected chi connectivity index (χ0v) is 13.3. The van der Waals surface area contributed by atoms with Crippen LogP contribution in [0.4, 0.5) is 5.69 Å². The lowest BCUT2D eigenvalue weighted by atomic mass is 10.1. The van der Waals surface area contributed by atoms with Crippen LogP contribution in [0.5, 0.6) is 0 Å². The lowest BCUT2D eigenvalue weighted by molar-refractivity contribution is -0.119. The SMILES string of the molecule is O=C(CNc1cccc2ccccc12)NN=C1CCCCCC1. The second-order valence-corrected chi connectivity index (χ2v) is 6.01. The zero-order valence-electron chi connectivity index (χ0n) is 13.3. The zero-order chi connectivity index (χ0) is 15.9. The molecule has 23 heavy (non-hydrogen) atoms. The molecule has 0 atom stereocenters. The van der Waals surface area contributed by atoms with Gasteiger partial charge in [0, 0.05) is 16.8 Å². The highest BCUT2D eigenvalue weighted by molar-refractivity contribution is 5.95. The van der Waals surface area contributed by atoms with Gasteiger partial charge in [-0.05, 0) is 37.1 Å². The average Bonchev–Trinajstić information content (AvgIpc) is 2.87. The molecule has 1 saturated carbocycles. The minimum Gasteiger partial charge on any atom is -0.376 e. The smallest absolute Gasteiger partial charge is 0.259 e. The Morgan fingerprint density at radius 1 is 0.957 bits per heavy atom. The fourth-order valence-electron chi connectivity index (χ4n) is 2.98. The van der Waals surface area contributed by atoms with Crippen LogP contribution >= 0.6 is 0 Å². The largest absolute Gasteiger partial charge is 0.376 e. The van der Waals surface area contributed by atoms with Gasteiger partial charge in [0.05, 0.1) is 6.54 Å². The number of anilines is 1. The van der Waals surface area contributed by atoms with Crippen molar-refractivity contribution in [3.8, 4) is 0 Å². The summed E-state index contributed by atoms with van der Waals surface area (Å²) in [6.07, 6.45) is 6.94. The fraction of sp³-hybridized carbons (Fsp3) is 0.368. The van der Waals surface area contributed by atoms with E-state index in [4.69, 9.17) is 0 Å². The predicted molar refractivity (Wildman–Crippen MR) is 95.7 cm³/mol. The highest BCUT2D eigenvalue weighted by Crippen LogP contribution is 2.22. The molecular weight excluding hydrogens is 286 g/mol. The first-order chi connectivity index (χ1) is 11.3. The molecule has 1 fully saturated rings. The molecular formula is C19H23N3O. The molecule has 2 aromatic carbocycles. The minimum atomic E-state index is -0.102. The van der Waals surface area contributed by atoms with Gasteiger partial charge in [0.25, 0.3) is 5.91 Å². The molecule has 0 saturated heterocycles. The quantitative estimate of drug-likeness (QED) is 0.660. The van der Waals surface area contributed by atoms with Crippen LogP contribution in [0.1, 0.15) is 38.5 Å². The van der Waals surface area contributed by atoms with E-state index >= 15 is 0 Å². The Bertz CT molecular complexity index is 693. The van der Waals surface area contributed by atoms with E-state index in [0.717, 1.165) is 35.0 Å². The van der Waals surface area contributed by atoms with Crippen LogP contribution in [0, 0.1) is 0 Å². The van der Waals surface area contributed by atoms with Crippen molar-refractivity contribution < 1.29 is 4.79 Å². The maximum absolute atomic E-state index is 12.0. The van der Waals surface area contributed by atoms with Crippen molar-refractivity contribution in [1.29, 1.82) is 0 Å². The van der Waals surface area contributed by atoms with E-state index in [9.17, 15) is 4.79 Å². The van der Waals surface area contributed by atoms with E-state index in [1.54, 1.807) is 0 Å². The Labute approximate surface area is 137 Å². The molecule has 0 bridgehead atoms. The van der Waals surface area contributed by atoms with Gasteiger partial charge in [-0.3, -0.25) is 4.79 Å². The number of carbonyl (C=O) groups excluding carboxylic acids is 1. The average molecular weight is 309 g/mol. The van der Waals surface area contributed by atoms with E-state index in [-0.39, 0.29) is 12.5 Å². The Morgan fingerprint density at radius 2 is 1.70 bits per heavy atom. The third kappa shape index (κ3) is 4.31. The highest BCUT2D eigenvalue weighted by atomic mass is 16.2. The number of carbonyl (C=O) groups is 1. The molecule has 4 heteroatoms. The molecule has 2 N–H and O–H groups in total. The van der Waals surface area contributed by atoms with E-state index in [2.05, 4.69) is 34.0 Å². The summed E-state index contributed by atoms with van der Waals surface area (Å²) in [5, 5.41) is 9.79. The van der Waals surface area contributed by atoms with Crippen LogP contribution in [0.25, 0.3) is 10.8 Å². The number of hydrogen-bond donors (Lipinski definition) is 2. The Balaban J connectivity index is 1.57. The number of benzene rings is 2. The summed E-state index contributed by atoms with van der Waals surface area (Å²) >= 11 is 0. The molecule has 2 aromatic rings. The van der Waals surface area contributed by atoms with Crippen molar-refractivity contribution in [2.45, 2.75) is 38.5 Å². The van der Waals surface area contributed by atoms with Crippen LogP contribution < -0.4 is 10.7 Å². The number of nitrogens with one attached hydrogen (secondary N) is 2. The van der Waals surface area contributed by atoms with E-state index in [1.165, 1.54) is 25.7 Å². The van der Waals surface area contributed by atoms with Crippen molar-refractivity contribution in [3.63, 3.8) is 0 Å². The molecule has 0 aliphatic heterocycles. The summed E-state index contributed by atoms with van der Waals surface area (Å²) in [6.45, 7) is 0.227. The monoisotopic (exact) mass is 309 g/mol. The summed E-state index contributed by atoms with van der Waals surface area (Å²) in [5.41, 5.74) is 4.78. The Hall–Kier alpha value is -2.36. The minimum absolute atomic E-state index is 0.102. The molecule has 1 aliphatic carbocycles. The number of amides is 1. The highest BCUT2D eigenvalue weighted by Gasteiger charge is 2.07. The van der Waals surface area contributed by atoms with Gasteiger partial charge in [-0.25, -0.2) is 5.43 Å². The molecule has 120 valence electrons. The maximum atomic E-state index is 12.0. The molecule has 1 amide bonds. The number of nitrogens with zero attached hydrogens (tertiary/aromatic N) is 1. The van der Waals surface area contributed by atoms with Gasteiger partial charge in [-0.2, -0.15) is 5.10 Å². The fourth-order valence-corrected chi connectivity index (χ4v) is 2.98. The van der Waals surface area contributed by atoms with E-state index < -0.39 is 0 Å². The van der Waals surface area contributed by atoms with Gasteiger partial charge in [-0.1, -0.05) is 49.2 Å². The van der Waals surface area contributed by atoms with Crippen molar-refractivity contribution in [2.75, 3.05) is 11.9 Å². The van der Waals surface area contributed by atoms with Gasteiger partial charge in [0.15, 0.2) is 0 Å². The lowest BCUT2D eigenvalue weighted by Crippen LogP contribution is -2.27. The van der Waals surface area contributed by atoms with Crippen LogP contribution in [-0.2, 0) is 4.79 Å². The molecule has 0 heterocycles. The van der Waals surface area contributed by atoms with Crippen LogP contribution in [0.3, 0.4) is 0 Å². The second kappa shape index (κ2) is 7.77.